The van der Waals surface area contributed by atoms with Gasteiger partial charge in [0, 0.05) is 59.7 Å². The third-order valence-electron chi connectivity index (χ3n) is 6.54. The van der Waals surface area contributed by atoms with Crippen molar-refractivity contribution in [1.82, 2.24) is 9.47 Å². The minimum Gasteiger partial charge on any atom is -0.382 e. The summed E-state index contributed by atoms with van der Waals surface area (Å²) in [6.45, 7) is 8.73. The van der Waals surface area contributed by atoms with Crippen molar-refractivity contribution >= 4 is 27.5 Å². The number of fused-ring (bicyclic) bond motifs is 3. The number of hydrogen-bond donors (Lipinski definition) is 1. The van der Waals surface area contributed by atoms with E-state index in [-0.39, 0.29) is 0 Å². The van der Waals surface area contributed by atoms with Crippen molar-refractivity contribution in [3.8, 4) is 0 Å². The number of piperidine rings is 1. The Morgan fingerprint density at radius 3 is 2.47 bits per heavy atom. The second kappa shape index (κ2) is 8.16. The molecule has 1 N–H and O–H groups in total. The van der Waals surface area contributed by atoms with Gasteiger partial charge in [-0.05, 0) is 68.1 Å². The van der Waals surface area contributed by atoms with Crippen LogP contribution in [0.5, 0.6) is 0 Å². The topological polar surface area (TPSA) is 20.2 Å². The van der Waals surface area contributed by atoms with E-state index in [9.17, 15) is 0 Å². The Hall–Kier alpha value is -2.78. The third kappa shape index (κ3) is 3.70. The molecule has 0 aliphatic carbocycles. The summed E-state index contributed by atoms with van der Waals surface area (Å²) in [4.78, 5) is 2.61. The van der Waals surface area contributed by atoms with Gasteiger partial charge in [0.15, 0.2) is 0 Å². The molecule has 30 heavy (non-hydrogen) atoms. The van der Waals surface area contributed by atoms with Gasteiger partial charge in [0.25, 0.3) is 0 Å². The van der Waals surface area contributed by atoms with Crippen molar-refractivity contribution in [2.75, 3.05) is 18.4 Å². The predicted octanol–water partition coefficient (Wildman–Crippen LogP) is 6.20. The van der Waals surface area contributed by atoms with Gasteiger partial charge in [-0.3, -0.25) is 4.90 Å². The van der Waals surface area contributed by atoms with E-state index in [0.717, 1.165) is 26.2 Å². The summed E-state index contributed by atoms with van der Waals surface area (Å²) >= 11 is 0. The molecule has 1 saturated heterocycles. The highest BCUT2D eigenvalue weighted by Gasteiger charge is 2.19. The van der Waals surface area contributed by atoms with Crippen molar-refractivity contribution in [3.05, 3.63) is 77.9 Å². The smallest absolute Gasteiger partial charge is 0.0491 e. The second-order valence-electron chi connectivity index (χ2n) is 8.68. The third-order valence-corrected chi connectivity index (χ3v) is 6.54. The Balaban J connectivity index is 1.28. The lowest BCUT2D eigenvalue weighted by Crippen LogP contribution is -2.38. The quantitative estimate of drug-likeness (QED) is 0.433. The van der Waals surface area contributed by atoms with Gasteiger partial charge in [-0.25, -0.2) is 0 Å². The maximum atomic E-state index is 3.73. The van der Waals surface area contributed by atoms with Crippen molar-refractivity contribution in [1.29, 1.82) is 0 Å². The van der Waals surface area contributed by atoms with E-state index in [1.165, 1.54) is 51.5 Å². The zero-order valence-corrected chi connectivity index (χ0v) is 18.1. The van der Waals surface area contributed by atoms with Crippen molar-refractivity contribution < 1.29 is 0 Å². The lowest BCUT2D eigenvalue weighted by Gasteiger charge is -2.33. The molecular weight excluding hydrogens is 366 g/mol. The van der Waals surface area contributed by atoms with Crippen LogP contribution in [0.2, 0.25) is 0 Å². The monoisotopic (exact) mass is 397 g/mol. The van der Waals surface area contributed by atoms with Crippen molar-refractivity contribution in [2.24, 2.45) is 0 Å². The van der Waals surface area contributed by atoms with Crippen LogP contribution >= 0.6 is 0 Å². The Labute approximate surface area is 179 Å². The van der Waals surface area contributed by atoms with Crippen LogP contribution in [-0.4, -0.2) is 28.6 Å². The summed E-state index contributed by atoms with van der Waals surface area (Å²) < 4.78 is 2.43. The first-order chi connectivity index (χ1) is 14.7. The molecule has 0 spiro atoms. The Kier molecular flexibility index (Phi) is 5.22. The molecule has 5 rings (SSSR count). The van der Waals surface area contributed by atoms with Gasteiger partial charge < -0.3 is 9.88 Å². The molecule has 154 valence electrons. The number of aromatic nitrogens is 1. The average molecular weight is 398 g/mol. The number of para-hydroxylation sites is 1. The number of rotatable bonds is 5. The number of nitrogens with zero attached hydrogens (tertiary/aromatic N) is 2. The number of anilines is 1. The molecule has 1 aliphatic rings. The maximum Gasteiger partial charge on any atom is 0.0491 e. The standard InChI is InChI=1S/C27H31N3/c1-3-30-26-10-5-4-9-24(26)25-18-21(11-12-27(25)30)19-29-15-13-22(14-16-29)28-23-8-6-7-20(2)17-23/h4-12,17-18,22,28H,3,13-16,19H2,1-2H3. The van der Waals surface area contributed by atoms with Crippen molar-refractivity contribution in [3.63, 3.8) is 0 Å². The second-order valence-corrected chi connectivity index (χ2v) is 8.68. The molecule has 0 amide bonds. The Bertz CT molecular complexity index is 1170. The summed E-state index contributed by atoms with van der Waals surface area (Å²) in [5.74, 6) is 0. The molecule has 0 saturated carbocycles. The molecular formula is C27H31N3. The maximum absolute atomic E-state index is 3.73. The van der Waals surface area contributed by atoms with E-state index >= 15 is 0 Å². The van der Waals surface area contributed by atoms with Gasteiger partial charge in [0.1, 0.15) is 0 Å². The highest BCUT2D eigenvalue weighted by Crippen LogP contribution is 2.30. The van der Waals surface area contributed by atoms with Gasteiger partial charge >= 0.3 is 0 Å². The SMILES string of the molecule is CCn1c2ccccc2c2cc(CN3CCC(Nc4cccc(C)c4)CC3)ccc21. The zero-order chi connectivity index (χ0) is 20.5. The van der Waals surface area contributed by atoms with Crippen LogP contribution in [-0.2, 0) is 13.1 Å². The highest BCUT2D eigenvalue weighted by molar-refractivity contribution is 6.08. The van der Waals surface area contributed by atoms with Crippen LogP contribution in [0.3, 0.4) is 0 Å². The van der Waals surface area contributed by atoms with Crippen LogP contribution in [0.1, 0.15) is 30.9 Å². The molecule has 3 heteroatoms. The Morgan fingerprint density at radius 2 is 1.67 bits per heavy atom. The van der Waals surface area contributed by atoms with Crippen molar-refractivity contribution in [2.45, 2.75) is 45.8 Å². The normalized spacial score (nSPS) is 15.8. The van der Waals surface area contributed by atoms with Crippen LogP contribution < -0.4 is 5.32 Å². The van der Waals surface area contributed by atoms with Crippen LogP contribution in [0.15, 0.2) is 66.7 Å². The largest absolute Gasteiger partial charge is 0.382 e. The van der Waals surface area contributed by atoms with E-state index < -0.39 is 0 Å². The van der Waals surface area contributed by atoms with Crippen LogP contribution in [0.25, 0.3) is 21.8 Å². The van der Waals surface area contributed by atoms with Gasteiger partial charge in [-0.1, -0.05) is 36.4 Å². The first-order valence-electron chi connectivity index (χ1n) is 11.3. The minimum atomic E-state index is 0.577. The van der Waals surface area contributed by atoms with Gasteiger partial charge in [-0.15, -0.1) is 0 Å². The number of likely N-dealkylation sites (tertiary alicyclic amines) is 1. The number of hydrogen-bond acceptors (Lipinski definition) is 2. The molecule has 0 atom stereocenters. The summed E-state index contributed by atoms with van der Waals surface area (Å²) in [5, 5.41) is 6.49. The number of aryl methyl sites for hydroxylation is 2. The zero-order valence-electron chi connectivity index (χ0n) is 18.1. The molecule has 0 unspecified atom stereocenters. The predicted molar refractivity (Wildman–Crippen MR) is 128 cm³/mol. The average Bonchev–Trinajstić information content (AvgIpc) is 3.08. The lowest BCUT2D eigenvalue weighted by molar-refractivity contribution is 0.211. The summed E-state index contributed by atoms with van der Waals surface area (Å²) in [7, 11) is 0. The molecule has 0 radical (unpaired) electrons. The fourth-order valence-electron chi connectivity index (χ4n) is 5.00. The number of benzene rings is 3. The molecule has 0 bridgehead atoms. The lowest BCUT2D eigenvalue weighted by atomic mass is 10.0. The van der Waals surface area contributed by atoms with Crippen LogP contribution in [0.4, 0.5) is 5.69 Å². The summed E-state index contributed by atoms with van der Waals surface area (Å²) in [6, 6.07) is 25.2. The summed E-state index contributed by atoms with van der Waals surface area (Å²) in [6.07, 6.45) is 2.40. The fraction of sp³-hybridized carbons (Fsp3) is 0.333. The molecule has 1 fully saturated rings. The summed E-state index contributed by atoms with van der Waals surface area (Å²) in [5.41, 5.74) is 6.69. The van der Waals surface area contributed by atoms with Gasteiger partial charge in [0.2, 0.25) is 0 Å². The molecule has 4 aromatic rings. The Morgan fingerprint density at radius 1 is 0.867 bits per heavy atom. The van der Waals surface area contributed by atoms with E-state index in [2.05, 4.69) is 95.4 Å². The van der Waals surface area contributed by atoms with E-state index in [1.807, 2.05) is 0 Å². The van der Waals surface area contributed by atoms with Crippen LogP contribution in [0, 0.1) is 6.92 Å². The fourth-order valence-corrected chi connectivity index (χ4v) is 5.00. The molecule has 1 aromatic heterocycles. The number of nitrogens with one attached hydrogen (secondary N) is 1. The van der Waals surface area contributed by atoms with Gasteiger partial charge in [0.05, 0.1) is 0 Å². The van der Waals surface area contributed by atoms with E-state index in [4.69, 9.17) is 0 Å². The first kappa shape index (κ1) is 19.2. The minimum absolute atomic E-state index is 0.577. The first-order valence-corrected chi connectivity index (χ1v) is 11.3. The molecule has 1 aliphatic heterocycles. The van der Waals surface area contributed by atoms with Gasteiger partial charge in [-0.2, -0.15) is 0 Å². The van der Waals surface area contributed by atoms with E-state index in [1.54, 1.807) is 0 Å². The molecule has 3 nitrogen and oxygen atoms in total. The molecule has 2 heterocycles. The highest BCUT2D eigenvalue weighted by atomic mass is 15.1. The van der Waals surface area contributed by atoms with E-state index in [0.29, 0.717) is 6.04 Å². The molecule has 3 aromatic carbocycles.